The minimum absolute atomic E-state index is 0.0364. The van der Waals surface area contributed by atoms with Crippen molar-refractivity contribution in [1.29, 1.82) is 0 Å². The van der Waals surface area contributed by atoms with Crippen molar-refractivity contribution in [3.8, 4) is 11.5 Å². The molecule has 0 aliphatic carbocycles. The van der Waals surface area contributed by atoms with Crippen LogP contribution in [0.1, 0.15) is 58.3 Å². The van der Waals surface area contributed by atoms with E-state index in [1.165, 1.54) is 0 Å². The van der Waals surface area contributed by atoms with Gasteiger partial charge in [-0.15, -0.1) is 0 Å². The number of ether oxygens (including phenoxy) is 2. The van der Waals surface area contributed by atoms with Gasteiger partial charge in [-0.25, -0.2) is 0 Å². The van der Waals surface area contributed by atoms with Crippen LogP contribution in [0, 0.1) is 20.8 Å². The molecular formula is C30H28ClNO5. The zero-order valence-corrected chi connectivity index (χ0v) is 22.2. The third-order valence-electron chi connectivity index (χ3n) is 6.80. The van der Waals surface area contributed by atoms with Gasteiger partial charge in [0, 0.05) is 10.7 Å². The third kappa shape index (κ3) is 4.15. The summed E-state index contributed by atoms with van der Waals surface area (Å²) >= 11 is 6.46. The fraction of sp³-hybridized carbons (Fsp3) is 0.267. The van der Waals surface area contributed by atoms with Crippen LogP contribution < -0.4 is 19.8 Å². The number of fused-ring (bicyclic) bond motifs is 2. The summed E-state index contributed by atoms with van der Waals surface area (Å²) in [6.07, 6.45) is 0. The smallest absolute Gasteiger partial charge is 0.295 e. The maximum Gasteiger partial charge on any atom is 0.295 e. The quantitative estimate of drug-likeness (QED) is 0.277. The number of carbonyl (C=O) groups excluding carboxylic acids is 1. The highest BCUT2D eigenvalue weighted by Gasteiger charge is 2.44. The Balaban J connectivity index is 1.80. The monoisotopic (exact) mass is 517 g/mol. The summed E-state index contributed by atoms with van der Waals surface area (Å²) in [5.74, 6) is 0.777. The lowest BCUT2D eigenvalue weighted by Gasteiger charge is -2.26. The van der Waals surface area contributed by atoms with Crippen LogP contribution in [0.25, 0.3) is 11.0 Å². The van der Waals surface area contributed by atoms with E-state index < -0.39 is 11.9 Å². The molecule has 1 amide bonds. The second-order valence-corrected chi connectivity index (χ2v) is 9.60. The molecule has 1 aliphatic rings. The molecule has 37 heavy (non-hydrogen) atoms. The van der Waals surface area contributed by atoms with Crippen LogP contribution in [-0.2, 0) is 0 Å². The topological polar surface area (TPSA) is 69.0 Å². The highest BCUT2D eigenvalue weighted by atomic mass is 35.5. The van der Waals surface area contributed by atoms with Crippen LogP contribution in [-0.4, -0.2) is 19.1 Å². The molecule has 1 aliphatic heterocycles. The fourth-order valence-corrected chi connectivity index (χ4v) is 4.95. The van der Waals surface area contributed by atoms with E-state index >= 15 is 0 Å². The number of hydrogen-bond donors (Lipinski definition) is 0. The number of aryl methyl sites for hydroxylation is 3. The van der Waals surface area contributed by atoms with E-state index in [1.54, 1.807) is 11.0 Å². The molecule has 0 spiro atoms. The lowest BCUT2D eigenvalue weighted by Crippen LogP contribution is -2.29. The minimum atomic E-state index is -0.738. The van der Waals surface area contributed by atoms with E-state index in [1.807, 2.05) is 77.1 Å². The van der Waals surface area contributed by atoms with Crippen LogP contribution in [0.2, 0.25) is 5.02 Å². The average molecular weight is 518 g/mol. The first-order valence-electron chi connectivity index (χ1n) is 12.3. The van der Waals surface area contributed by atoms with E-state index in [4.69, 9.17) is 25.5 Å². The van der Waals surface area contributed by atoms with Gasteiger partial charge in [0.15, 0.2) is 16.9 Å². The van der Waals surface area contributed by atoms with E-state index in [0.717, 1.165) is 16.7 Å². The van der Waals surface area contributed by atoms with Crippen LogP contribution >= 0.6 is 11.6 Å². The predicted molar refractivity (Wildman–Crippen MR) is 146 cm³/mol. The molecule has 0 saturated carbocycles. The van der Waals surface area contributed by atoms with Crippen LogP contribution in [0.5, 0.6) is 11.5 Å². The van der Waals surface area contributed by atoms with Crippen molar-refractivity contribution in [3.63, 3.8) is 0 Å². The molecule has 5 rings (SSSR count). The largest absolute Gasteiger partial charge is 0.490 e. The second kappa shape index (κ2) is 9.60. The lowest BCUT2D eigenvalue weighted by molar-refractivity contribution is 0.0971. The SMILES string of the molecule is CCOc1ccc(C2c3c(oc4cc(C)c(C)cc4c3=O)C(=O)N2c2ccc(C)c(Cl)c2)cc1OCC. The first-order valence-corrected chi connectivity index (χ1v) is 12.7. The predicted octanol–water partition coefficient (Wildman–Crippen LogP) is 6.92. The van der Waals surface area contributed by atoms with Crippen molar-refractivity contribution in [2.24, 2.45) is 0 Å². The molecule has 4 aromatic rings. The van der Waals surface area contributed by atoms with Gasteiger partial charge in [-0.1, -0.05) is 23.7 Å². The standard InChI is InChI=1S/C30H28ClNO5/c1-6-35-23-11-9-19(14-25(23)36-7-2)27-26-28(33)21-12-17(4)18(5)13-24(21)37-29(26)30(34)32(27)20-10-8-16(3)22(31)15-20/h8-15,27H,6-7H2,1-5H3. The van der Waals surface area contributed by atoms with Gasteiger partial charge in [-0.2, -0.15) is 0 Å². The van der Waals surface area contributed by atoms with Crippen LogP contribution in [0.4, 0.5) is 5.69 Å². The molecule has 190 valence electrons. The van der Waals surface area contributed by atoms with Crippen molar-refractivity contribution >= 4 is 34.2 Å². The number of benzene rings is 3. The zero-order chi connectivity index (χ0) is 26.4. The zero-order valence-electron chi connectivity index (χ0n) is 21.5. The third-order valence-corrected chi connectivity index (χ3v) is 7.21. The highest BCUT2D eigenvalue weighted by molar-refractivity contribution is 6.31. The molecular weight excluding hydrogens is 490 g/mol. The maximum atomic E-state index is 14.0. The van der Waals surface area contributed by atoms with E-state index in [0.29, 0.717) is 57.5 Å². The van der Waals surface area contributed by atoms with Gasteiger partial charge >= 0.3 is 0 Å². The maximum absolute atomic E-state index is 14.0. The number of rotatable bonds is 6. The minimum Gasteiger partial charge on any atom is -0.490 e. The van der Waals surface area contributed by atoms with Gasteiger partial charge in [0.1, 0.15) is 5.58 Å². The van der Waals surface area contributed by atoms with Crippen molar-refractivity contribution in [2.75, 3.05) is 18.1 Å². The molecule has 2 heterocycles. The summed E-state index contributed by atoms with van der Waals surface area (Å²) in [5, 5.41) is 0.969. The Hall–Kier alpha value is -3.77. The fourth-order valence-electron chi connectivity index (χ4n) is 4.78. The average Bonchev–Trinajstić information content (AvgIpc) is 3.16. The highest BCUT2D eigenvalue weighted by Crippen LogP contribution is 2.44. The molecule has 0 saturated heterocycles. The molecule has 0 fully saturated rings. The normalized spacial score (nSPS) is 14.8. The number of amides is 1. The van der Waals surface area contributed by atoms with Gasteiger partial charge in [0.2, 0.25) is 5.76 Å². The molecule has 0 radical (unpaired) electrons. The second-order valence-electron chi connectivity index (χ2n) is 9.19. The van der Waals surface area contributed by atoms with Gasteiger partial charge in [0.25, 0.3) is 5.91 Å². The first kappa shape index (κ1) is 24.9. The molecule has 1 atom stereocenters. The lowest BCUT2D eigenvalue weighted by atomic mass is 9.96. The Morgan fingerprint density at radius 3 is 2.27 bits per heavy atom. The Morgan fingerprint density at radius 2 is 1.57 bits per heavy atom. The summed E-state index contributed by atoms with van der Waals surface area (Å²) in [4.78, 5) is 29.4. The Morgan fingerprint density at radius 1 is 0.865 bits per heavy atom. The Kier molecular flexibility index (Phi) is 6.46. The van der Waals surface area contributed by atoms with Crippen molar-refractivity contribution in [2.45, 2.75) is 40.7 Å². The van der Waals surface area contributed by atoms with Crippen molar-refractivity contribution in [1.82, 2.24) is 0 Å². The van der Waals surface area contributed by atoms with E-state index in [9.17, 15) is 9.59 Å². The van der Waals surface area contributed by atoms with Gasteiger partial charge in [0.05, 0.1) is 30.2 Å². The summed E-state index contributed by atoms with van der Waals surface area (Å²) in [5.41, 5.74) is 4.57. The molecule has 1 unspecified atom stereocenters. The van der Waals surface area contributed by atoms with Gasteiger partial charge in [-0.05, 0) is 93.3 Å². The van der Waals surface area contributed by atoms with Crippen LogP contribution in [0.3, 0.4) is 0 Å². The van der Waals surface area contributed by atoms with Crippen molar-refractivity contribution in [3.05, 3.63) is 97.4 Å². The van der Waals surface area contributed by atoms with Crippen molar-refractivity contribution < 1.29 is 18.7 Å². The number of carbonyl (C=O) groups is 1. The number of hydrogen-bond acceptors (Lipinski definition) is 5. The summed E-state index contributed by atoms with van der Waals surface area (Å²) in [6.45, 7) is 10.5. The summed E-state index contributed by atoms with van der Waals surface area (Å²) < 4.78 is 17.7. The Labute approximate surface area is 220 Å². The molecule has 7 heteroatoms. The molecule has 0 N–H and O–H groups in total. The van der Waals surface area contributed by atoms with E-state index in [2.05, 4.69) is 0 Å². The van der Waals surface area contributed by atoms with Gasteiger partial charge < -0.3 is 13.9 Å². The first-order chi connectivity index (χ1) is 17.7. The number of halogens is 1. The van der Waals surface area contributed by atoms with Gasteiger partial charge in [-0.3, -0.25) is 14.5 Å². The number of nitrogens with zero attached hydrogens (tertiary/aromatic N) is 1. The Bertz CT molecular complexity index is 1610. The molecule has 3 aromatic carbocycles. The summed E-state index contributed by atoms with van der Waals surface area (Å²) in [6, 6.07) is 13.8. The van der Waals surface area contributed by atoms with E-state index in [-0.39, 0.29) is 11.2 Å². The molecule has 6 nitrogen and oxygen atoms in total. The molecule has 0 bridgehead atoms. The summed E-state index contributed by atoms with van der Waals surface area (Å²) in [7, 11) is 0. The number of anilines is 1. The molecule has 1 aromatic heterocycles. The van der Waals surface area contributed by atoms with Crippen LogP contribution in [0.15, 0.2) is 57.7 Å².